The van der Waals surface area contributed by atoms with Gasteiger partial charge >= 0.3 is 0 Å². The van der Waals surface area contributed by atoms with Crippen LogP contribution in [0, 0.1) is 44.8 Å². The molecule has 0 radical (unpaired) electrons. The molecule has 38 heavy (non-hydrogen) atoms. The Hall–Kier alpha value is -2.31. The van der Waals surface area contributed by atoms with Crippen LogP contribution in [0.1, 0.15) is 99.8 Å². The van der Waals surface area contributed by atoms with Crippen molar-refractivity contribution in [2.24, 2.45) is 44.8 Å². The molecule has 7 atom stereocenters. The molecular formula is C31H44N4O3. The number of nitrogens with zero attached hydrogens (tertiary/aromatic N) is 4. The molecule has 7 nitrogen and oxygen atoms in total. The van der Waals surface area contributed by atoms with Gasteiger partial charge in [-0.05, 0) is 101 Å². The first-order valence-electron chi connectivity index (χ1n) is 14.5. The van der Waals surface area contributed by atoms with Crippen LogP contribution in [0.15, 0.2) is 29.8 Å². The number of allylic oxidation sites excluding steroid dienone is 3. The van der Waals surface area contributed by atoms with Crippen LogP contribution in [0.2, 0.25) is 0 Å². The highest BCUT2D eigenvalue weighted by molar-refractivity contribution is 6.01. The van der Waals surface area contributed by atoms with E-state index in [1.54, 1.807) is 6.33 Å². The van der Waals surface area contributed by atoms with E-state index in [1.165, 1.54) is 5.57 Å². The molecule has 0 aliphatic heterocycles. The molecule has 0 amide bonds. The quantitative estimate of drug-likeness (QED) is 0.361. The molecule has 1 aromatic heterocycles. The van der Waals surface area contributed by atoms with E-state index < -0.39 is 5.41 Å². The van der Waals surface area contributed by atoms with Crippen molar-refractivity contribution >= 4 is 11.6 Å². The maximum atomic E-state index is 14.5. The summed E-state index contributed by atoms with van der Waals surface area (Å²) in [4.78, 5) is 27.8. The van der Waals surface area contributed by atoms with Crippen molar-refractivity contribution in [3.05, 3.63) is 29.8 Å². The second-order valence-electron chi connectivity index (χ2n) is 15.4. The number of hydrogen-bond acceptors (Lipinski definition) is 6. The maximum Gasteiger partial charge on any atom is 0.167 e. The molecule has 0 bridgehead atoms. The van der Waals surface area contributed by atoms with E-state index in [2.05, 4.69) is 50.1 Å². The standard InChI is InChI=1S/C31H44N4O3/c1-26(2)10-12-31(35-18-32-33-34-35)13-11-30(7)24(20(31)16-26)21(37)14-23-28(5)15-19(17-36)25(38)27(3,4)22(28)8-9-29(23,30)6/h14,17-18,20,22,24,36H,8-13,15-16H2,1-7H3/b19-17-/t20-,22-,24-,28-,29+,30+,31-/m0/s1. The summed E-state index contributed by atoms with van der Waals surface area (Å²) in [6.07, 6.45) is 12.2. The summed E-state index contributed by atoms with van der Waals surface area (Å²) in [5.74, 6) is 0.492. The van der Waals surface area contributed by atoms with Gasteiger partial charge in [0.2, 0.25) is 0 Å². The summed E-state index contributed by atoms with van der Waals surface area (Å²) >= 11 is 0. The first-order valence-corrected chi connectivity index (χ1v) is 14.5. The fraction of sp³-hybridized carbons (Fsp3) is 0.774. The normalized spacial score (nSPS) is 46.4. The van der Waals surface area contributed by atoms with E-state index in [-0.39, 0.29) is 56.5 Å². The number of ketones is 2. The number of aromatic nitrogens is 4. The van der Waals surface area contributed by atoms with Gasteiger partial charge in [0.1, 0.15) is 6.33 Å². The molecule has 5 aliphatic rings. The molecule has 1 N–H and O–H groups in total. The summed E-state index contributed by atoms with van der Waals surface area (Å²) in [6.45, 7) is 15.8. The highest BCUT2D eigenvalue weighted by Crippen LogP contribution is 2.74. The zero-order valence-electron chi connectivity index (χ0n) is 24.2. The topological polar surface area (TPSA) is 98.0 Å². The Labute approximate surface area is 226 Å². The van der Waals surface area contributed by atoms with Gasteiger partial charge in [0.25, 0.3) is 0 Å². The Morgan fingerprint density at radius 2 is 1.71 bits per heavy atom. The third kappa shape index (κ3) is 2.99. The smallest absolute Gasteiger partial charge is 0.167 e. The zero-order valence-corrected chi connectivity index (χ0v) is 24.2. The van der Waals surface area contributed by atoms with E-state index in [0.717, 1.165) is 51.2 Å². The number of hydrogen-bond donors (Lipinski definition) is 1. The van der Waals surface area contributed by atoms with Crippen LogP contribution in [0.3, 0.4) is 0 Å². The zero-order chi connectivity index (χ0) is 27.5. The second-order valence-corrected chi connectivity index (χ2v) is 15.4. The Balaban J connectivity index is 1.52. The van der Waals surface area contributed by atoms with Crippen molar-refractivity contribution in [1.82, 2.24) is 20.2 Å². The Kier molecular flexibility index (Phi) is 5.23. The van der Waals surface area contributed by atoms with E-state index in [1.807, 2.05) is 24.6 Å². The lowest BCUT2D eigenvalue weighted by atomic mass is 9.34. The Morgan fingerprint density at radius 3 is 2.37 bits per heavy atom. The molecule has 0 saturated heterocycles. The van der Waals surface area contributed by atoms with E-state index in [4.69, 9.17) is 0 Å². The summed E-state index contributed by atoms with van der Waals surface area (Å²) in [5, 5.41) is 22.5. The van der Waals surface area contributed by atoms with Gasteiger partial charge in [-0.3, -0.25) is 9.59 Å². The van der Waals surface area contributed by atoms with Crippen LogP contribution in [0.5, 0.6) is 0 Å². The van der Waals surface area contributed by atoms with Crippen LogP contribution in [-0.4, -0.2) is 36.9 Å². The molecule has 0 unspecified atom stereocenters. The van der Waals surface area contributed by atoms with Crippen molar-refractivity contribution in [2.75, 3.05) is 0 Å². The van der Waals surface area contributed by atoms with Gasteiger partial charge < -0.3 is 5.11 Å². The van der Waals surface area contributed by atoms with Gasteiger partial charge in [-0.2, -0.15) is 0 Å². The lowest BCUT2D eigenvalue weighted by Gasteiger charge is -2.69. The average Bonchev–Trinajstić information content (AvgIpc) is 3.38. The van der Waals surface area contributed by atoms with E-state index >= 15 is 0 Å². The van der Waals surface area contributed by atoms with Gasteiger partial charge in [-0.1, -0.05) is 54.0 Å². The van der Waals surface area contributed by atoms with Crippen molar-refractivity contribution < 1.29 is 14.7 Å². The number of Topliss-reactive ketones (excluding diaryl/α,β-unsaturated/α-hetero) is 1. The van der Waals surface area contributed by atoms with Crippen LogP contribution in [0.25, 0.3) is 0 Å². The van der Waals surface area contributed by atoms with Crippen LogP contribution < -0.4 is 0 Å². The summed E-state index contributed by atoms with van der Waals surface area (Å²) in [6, 6.07) is 0. The van der Waals surface area contributed by atoms with Gasteiger partial charge in [-0.15, -0.1) is 5.10 Å². The Morgan fingerprint density at radius 1 is 1.00 bits per heavy atom. The second kappa shape index (κ2) is 7.66. The lowest BCUT2D eigenvalue weighted by Crippen LogP contribution is -2.67. The van der Waals surface area contributed by atoms with Gasteiger partial charge in [0, 0.05) is 16.9 Å². The first kappa shape index (κ1) is 25.9. The number of aliphatic hydroxyl groups excluding tert-OH is 1. The molecule has 4 fully saturated rings. The minimum atomic E-state index is -0.584. The largest absolute Gasteiger partial charge is 0.515 e. The van der Waals surface area contributed by atoms with Crippen molar-refractivity contribution in [3.63, 3.8) is 0 Å². The molecule has 0 spiro atoms. The first-order chi connectivity index (χ1) is 17.7. The fourth-order valence-electron chi connectivity index (χ4n) is 10.7. The minimum absolute atomic E-state index is 0.0474. The van der Waals surface area contributed by atoms with Gasteiger partial charge in [-0.25, -0.2) is 4.68 Å². The molecule has 206 valence electrons. The number of carbonyl (C=O) groups is 2. The Bertz CT molecular complexity index is 1260. The summed E-state index contributed by atoms with van der Waals surface area (Å²) in [5.41, 5.74) is 0.342. The number of tetrazole rings is 1. The number of carbonyl (C=O) groups excluding carboxylic acids is 2. The molecule has 1 aromatic rings. The van der Waals surface area contributed by atoms with Crippen LogP contribution in [0.4, 0.5) is 0 Å². The summed E-state index contributed by atoms with van der Waals surface area (Å²) in [7, 11) is 0. The molecular weight excluding hydrogens is 476 g/mol. The van der Waals surface area contributed by atoms with Gasteiger partial charge in [0.15, 0.2) is 11.6 Å². The molecule has 6 rings (SSSR count). The molecule has 4 saturated carbocycles. The molecule has 5 aliphatic carbocycles. The van der Waals surface area contributed by atoms with Crippen LogP contribution >= 0.6 is 0 Å². The van der Waals surface area contributed by atoms with E-state index in [9.17, 15) is 14.7 Å². The predicted octanol–water partition coefficient (Wildman–Crippen LogP) is 5.98. The monoisotopic (exact) mass is 520 g/mol. The number of rotatable bonds is 1. The van der Waals surface area contributed by atoms with Crippen molar-refractivity contribution in [2.45, 2.75) is 105 Å². The SMILES string of the molecule is CC1(C)CC[C@]2(n3cnnn3)CC[C@]3(C)[C@H](C(=O)C=C4[C@@]5(C)C/C(=C/O)C(=O)C(C)(C)[C@@H]5CC[C@]43C)[C@@H]2C1. The molecule has 0 aromatic carbocycles. The average molecular weight is 521 g/mol. The fourth-order valence-corrected chi connectivity index (χ4v) is 10.7. The highest BCUT2D eigenvalue weighted by Gasteiger charge is 2.70. The van der Waals surface area contributed by atoms with E-state index in [0.29, 0.717) is 12.0 Å². The number of aliphatic hydroxyl groups is 1. The van der Waals surface area contributed by atoms with Crippen molar-refractivity contribution in [3.8, 4) is 0 Å². The van der Waals surface area contributed by atoms with Crippen molar-refractivity contribution in [1.29, 1.82) is 0 Å². The minimum Gasteiger partial charge on any atom is -0.515 e. The number of fused-ring (bicyclic) bond motifs is 7. The maximum absolute atomic E-state index is 14.5. The van der Waals surface area contributed by atoms with Crippen LogP contribution in [-0.2, 0) is 15.1 Å². The predicted molar refractivity (Wildman–Crippen MR) is 144 cm³/mol. The highest BCUT2D eigenvalue weighted by atomic mass is 16.2. The van der Waals surface area contributed by atoms with Gasteiger partial charge in [0.05, 0.1) is 11.8 Å². The third-order valence-corrected chi connectivity index (χ3v) is 12.9. The third-order valence-electron chi connectivity index (χ3n) is 12.9. The molecule has 7 heteroatoms. The summed E-state index contributed by atoms with van der Waals surface area (Å²) < 4.78 is 1.99. The molecule has 1 heterocycles. The lowest BCUT2D eigenvalue weighted by molar-refractivity contribution is -0.172.